The van der Waals surface area contributed by atoms with Crippen LogP contribution in [0.5, 0.6) is 0 Å². The van der Waals surface area contributed by atoms with Gasteiger partial charge in [0.2, 0.25) is 0 Å². The smallest absolute Gasteiger partial charge is 0.135 e. The Kier molecular flexibility index (Phi) is 2.68. The van der Waals surface area contributed by atoms with Crippen molar-refractivity contribution >= 4 is 5.78 Å². The van der Waals surface area contributed by atoms with Crippen LogP contribution >= 0.6 is 0 Å². The average molecular weight is 168 g/mol. The summed E-state index contributed by atoms with van der Waals surface area (Å²) in [6.45, 7) is 7.35. The van der Waals surface area contributed by atoms with E-state index >= 15 is 0 Å². The zero-order valence-corrected chi connectivity index (χ0v) is 7.71. The fraction of sp³-hybridized carbons (Fsp3) is 0.700. The van der Waals surface area contributed by atoms with Crippen LogP contribution in [0.2, 0.25) is 0 Å². The number of carbonyl (C=O) groups is 1. The molecule has 1 aliphatic carbocycles. The number of ketones is 1. The number of aliphatic hydroxyl groups is 1. The summed E-state index contributed by atoms with van der Waals surface area (Å²) in [7, 11) is 0. The van der Waals surface area contributed by atoms with Crippen molar-refractivity contribution in [2.75, 3.05) is 0 Å². The minimum absolute atomic E-state index is 0.103. The maximum Gasteiger partial charge on any atom is 0.135 e. The Morgan fingerprint density at radius 1 is 1.42 bits per heavy atom. The Labute approximate surface area is 73.3 Å². The molecule has 0 radical (unpaired) electrons. The Hall–Kier alpha value is -0.630. The molecule has 0 unspecified atom stereocenters. The molecule has 0 saturated heterocycles. The van der Waals surface area contributed by atoms with Crippen LogP contribution in [-0.2, 0) is 4.79 Å². The average Bonchev–Trinajstić information content (AvgIpc) is 2.30. The number of Topliss-reactive ketones (excluding diaryl/α,β-unsaturated/α-hetero) is 1. The van der Waals surface area contributed by atoms with Gasteiger partial charge in [0.05, 0.1) is 6.10 Å². The van der Waals surface area contributed by atoms with Crippen LogP contribution in [0.4, 0.5) is 0 Å². The first-order valence-electron chi connectivity index (χ1n) is 4.36. The molecule has 2 nitrogen and oxygen atoms in total. The second-order valence-electron chi connectivity index (χ2n) is 3.80. The third kappa shape index (κ3) is 1.75. The molecule has 1 N–H and O–H groups in total. The highest BCUT2D eigenvalue weighted by molar-refractivity contribution is 5.79. The lowest BCUT2D eigenvalue weighted by molar-refractivity contribution is -0.123. The number of hydrogen-bond donors (Lipinski definition) is 1. The predicted molar refractivity (Wildman–Crippen MR) is 47.7 cm³/mol. The summed E-state index contributed by atoms with van der Waals surface area (Å²) >= 11 is 0. The molecule has 0 heterocycles. The highest BCUT2D eigenvalue weighted by atomic mass is 16.3. The van der Waals surface area contributed by atoms with E-state index in [0.29, 0.717) is 12.3 Å². The largest absolute Gasteiger partial charge is 0.392 e. The molecule has 0 spiro atoms. The lowest BCUT2D eigenvalue weighted by Gasteiger charge is -2.08. The Bertz CT molecular complexity index is 208. The Morgan fingerprint density at radius 3 is 2.25 bits per heavy atom. The molecular weight excluding hydrogens is 152 g/mol. The maximum atomic E-state index is 11.0. The van der Waals surface area contributed by atoms with Gasteiger partial charge >= 0.3 is 0 Å². The molecule has 0 aliphatic heterocycles. The van der Waals surface area contributed by atoms with E-state index < -0.39 is 6.10 Å². The van der Waals surface area contributed by atoms with Gasteiger partial charge in [-0.2, -0.15) is 0 Å². The van der Waals surface area contributed by atoms with Crippen molar-refractivity contribution in [3.05, 3.63) is 12.2 Å². The number of carbonyl (C=O) groups excluding carboxylic acids is 1. The lowest BCUT2D eigenvalue weighted by atomic mass is 9.97. The zero-order chi connectivity index (χ0) is 9.30. The molecule has 12 heavy (non-hydrogen) atoms. The van der Waals surface area contributed by atoms with Gasteiger partial charge in [0, 0.05) is 5.92 Å². The van der Waals surface area contributed by atoms with Gasteiger partial charge in [0.1, 0.15) is 5.78 Å². The molecule has 1 rings (SSSR count). The fourth-order valence-electron chi connectivity index (χ4n) is 1.85. The number of aliphatic hydroxyl groups excluding tert-OH is 1. The highest BCUT2D eigenvalue weighted by Gasteiger charge is 2.35. The van der Waals surface area contributed by atoms with Gasteiger partial charge in [-0.25, -0.2) is 0 Å². The molecule has 0 aromatic heterocycles. The quantitative estimate of drug-likeness (QED) is 0.635. The second kappa shape index (κ2) is 3.40. The molecular formula is C10H16O2. The number of allylic oxidation sites excluding steroid dienone is 1. The standard InChI is InChI=1S/C10H16O2/c1-6(2)8-4-9(7(3)11)10(12)5-8/h8-10,12H,1,4-5H2,2-3H3/t8-,9+,10-/m1/s1. The molecule has 0 bridgehead atoms. The molecule has 3 atom stereocenters. The maximum absolute atomic E-state index is 11.0. The summed E-state index contributed by atoms with van der Waals surface area (Å²) in [5.41, 5.74) is 1.08. The molecule has 1 saturated carbocycles. The van der Waals surface area contributed by atoms with E-state index in [1.165, 1.54) is 0 Å². The van der Waals surface area contributed by atoms with Gasteiger partial charge in [0.15, 0.2) is 0 Å². The van der Waals surface area contributed by atoms with E-state index in [1.807, 2.05) is 6.92 Å². The van der Waals surface area contributed by atoms with E-state index in [-0.39, 0.29) is 11.7 Å². The van der Waals surface area contributed by atoms with Gasteiger partial charge in [-0.3, -0.25) is 4.79 Å². The first-order valence-corrected chi connectivity index (χ1v) is 4.36. The summed E-state index contributed by atoms with van der Waals surface area (Å²) in [5, 5.41) is 9.52. The third-order valence-electron chi connectivity index (χ3n) is 2.75. The molecule has 68 valence electrons. The van der Waals surface area contributed by atoms with Gasteiger partial charge < -0.3 is 5.11 Å². The van der Waals surface area contributed by atoms with E-state index in [1.54, 1.807) is 6.92 Å². The fourth-order valence-corrected chi connectivity index (χ4v) is 1.85. The van der Waals surface area contributed by atoms with Gasteiger partial charge in [-0.15, -0.1) is 0 Å². The van der Waals surface area contributed by atoms with Gasteiger partial charge in [-0.05, 0) is 32.6 Å². The minimum Gasteiger partial charge on any atom is -0.392 e. The van der Waals surface area contributed by atoms with E-state index in [4.69, 9.17) is 0 Å². The minimum atomic E-state index is -0.441. The summed E-state index contributed by atoms with van der Waals surface area (Å²) in [4.78, 5) is 11.0. The van der Waals surface area contributed by atoms with Crippen LogP contribution in [0.3, 0.4) is 0 Å². The van der Waals surface area contributed by atoms with Gasteiger partial charge in [-0.1, -0.05) is 12.2 Å². The normalized spacial score (nSPS) is 35.1. The van der Waals surface area contributed by atoms with Crippen LogP contribution in [-0.4, -0.2) is 17.0 Å². The summed E-state index contributed by atoms with van der Waals surface area (Å²) < 4.78 is 0. The molecule has 1 aliphatic rings. The molecule has 2 heteroatoms. The molecule has 1 fully saturated rings. The van der Waals surface area contributed by atoms with Crippen LogP contribution in [0, 0.1) is 11.8 Å². The van der Waals surface area contributed by atoms with E-state index in [0.717, 1.165) is 12.0 Å². The van der Waals surface area contributed by atoms with Gasteiger partial charge in [0.25, 0.3) is 0 Å². The summed E-state index contributed by atoms with van der Waals surface area (Å²) in [5.74, 6) is 0.298. The van der Waals surface area contributed by atoms with Crippen LogP contribution in [0.15, 0.2) is 12.2 Å². The van der Waals surface area contributed by atoms with E-state index in [9.17, 15) is 9.90 Å². The van der Waals surface area contributed by atoms with E-state index in [2.05, 4.69) is 6.58 Å². The second-order valence-corrected chi connectivity index (χ2v) is 3.80. The molecule has 0 aromatic rings. The van der Waals surface area contributed by atoms with Crippen molar-refractivity contribution in [1.29, 1.82) is 0 Å². The van der Waals surface area contributed by atoms with Crippen LogP contribution in [0.1, 0.15) is 26.7 Å². The van der Waals surface area contributed by atoms with Crippen molar-refractivity contribution < 1.29 is 9.90 Å². The first-order chi connectivity index (χ1) is 5.52. The number of rotatable bonds is 2. The Morgan fingerprint density at radius 2 is 2.00 bits per heavy atom. The third-order valence-corrected chi connectivity index (χ3v) is 2.75. The van der Waals surface area contributed by atoms with Crippen molar-refractivity contribution in [3.8, 4) is 0 Å². The van der Waals surface area contributed by atoms with Crippen molar-refractivity contribution in [2.45, 2.75) is 32.8 Å². The first kappa shape index (κ1) is 9.46. The summed E-state index contributed by atoms with van der Waals surface area (Å²) in [6.07, 6.45) is 1.05. The van der Waals surface area contributed by atoms with Crippen LogP contribution in [0.25, 0.3) is 0 Å². The van der Waals surface area contributed by atoms with Crippen molar-refractivity contribution in [2.24, 2.45) is 11.8 Å². The van der Waals surface area contributed by atoms with Crippen molar-refractivity contribution in [1.82, 2.24) is 0 Å². The SMILES string of the molecule is C=C(C)[C@H]1C[C@@H](O)[C@H](C(C)=O)C1. The monoisotopic (exact) mass is 168 g/mol. The van der Waals surface area contributed by atoms with Crippen molar-refractivity contribution in [3.63, 3.8) is 0 Å². The topological polar surface area (TPSA) is 37.3 Å². The highest BCUT2D eigenvalue weighted by Crippen LogP contribution is 2.35. The zero-order valence-electron chi connectivity index (χ0n) is 7.71. The predicted octanol–water partition coefficient (Wildman–Crippen LogP) is 1.54. The summed E-state index contributed by atoms with van der Waals surface area (Å²) in [6, 6.07) is 0. The molecule has 0 aromatic carbocycles. The molecule has 0 amide bonds. The number of hydrogen-bond acceptors (Lipinski definition) is 2. The lowest BCUT2D eigenvalue weighted by Crippen LogP contribution is -2.19. The Balaban J connectivity index is 2.62. The van der Waals surface area contributed by atoms with Crippen LogP contribution < -0.4 is 0 Å².